The molecule has 0 aromatic carbocycles. The van der Waals surface area contributed by atoms with E-state index in [4.69, 9.17) is 4.42 Å². The van der Waals surface area contributed by atoms with Gasteiger partial charge in [-0.05, 0) is 49.1 Å². The molecule has 3 aromatic heterocycles. The summed E-state index contributed by atoms with van der Waals surface area (Å²) in [6, 6.07) is 9.24. The van der Waals surface area contributed by atoms with Crippen LogP contribution in [0.5, 0.6) is 0 Å². The van der Waals surface area contributed by atoms with Gasteiger partial charge in [0.2, 0.25) is 0 Å². The van der Waals surface area contributed by atoms with Crippen molar-refractivity contribution in [2.45, 2.75) is 25.8 Å². The number of amides is 1. The Kier molecular flexibility index (Phi) is 4.09. The smallest absolute Gasteiger partial charge is 0.273 e. The molecule has 6 nitrogen and oxygen atoms in total. The number of carbonyl (C=O) groups is 1. The quantitative estimate of drug-likeness (QED) is 0.734. The first-order chi connectivity index (χ1) is 12.2. The van der Waals surface area contributed by atoms with E-state index in [9.17, 15) is 4.79 Å². The molecule has 128 valence electrons. The number of aromatic nitrogens is 3. The van der Waals surface area contributed by atoms with Gasteiger partial charge >= 0.3 is 0 Å². The van der Waals surface area contributed by atoms with E-state index in [0.29, 0.717) is 18.2 Å². The maximum absolute atomic E-state index is 13.1. The van der Waals surface area contributed by atoms with Crippen LogP contribution in [0.1, 0.15) is 42.1 Å². The molecule has 1 saturated heterocycles. The largest absolute Gasteiger partial charge is 0.467 e. The molecule has 0 spiro atoms. The lowest BCUT2D eigenvalue weighted by Gasteiger charge is -2.37. The van der Waals surface area contributed by atoms with Crippen molar-refractivity contribution < 1.29 is 9.21 Å². The van der Waals surface area contributed by atoms with Gasteiger partial charge in [-0.25, -0.2) is 4.68 Å². The van der Waals surface area contributed by atoms with Crippen LogP contribution in [0.3, 0.4) is 0 Å². The number of furan rings is 1. The second-order valence-electron chi connectivity index (χ2n) is 6.51. The predicted molar refractivity (Wildman–Crippen MR) is 92.2 cm³/mol. The van der Waals surface area contributed by atoms with Crippen molar-refractivity contribution in [1.29, 1.82) is 0 Å². The van der Waals surface area contributed by atoms with Crippen LogP contribution in [0.15, 0.2) is 59.6 Å². The summed E-state index contributed by atoms with van der Waals surface area (Å²) in [6.07, 6.45) is 8.76. The summed E-state index contributed by atoms with van der Waals surface area (Å²) >= 11 is 0. The van der Waals surface area contributed by atoms with Crippen LogP contribution < -0.4 is 0 Å². The first-order valence-electron chi connectivity index (χ1n) is 8.53. The molecule has 4 heterocycles. The average molecular weight is 336 g/mol. The molecule has 1 amide bonds. The molecule has 0 aliphatic carbocycles. The zero-order valence-electron chi connectivity index (χ0n) is 14.1. The normalized spacial score (nSPS) is 20.6. The first kappa shape index (κ1) is 15.6. The highest BCUT2D eigenvalue weighted by Gasteiger charge is 2.33. The van der Waals surface area contributed by atoms with E-state index >= 15 is 0 Å². The van der Waals surface area contributed by atoms with Gasteiger partial charge in [-0.15, -0.1) is 0 Å². The van der Waals surface area contributed by atoms with Crippen LogP contribution in [0.25, 0.3) is 5.69 Å². The topological polar surface area (TPSA) is 64.2 Å². The summed E-state index contributed by atoms with van der Waals surface area (Å²) in [5, 5.41) is 4.21. The summed E-state index contributed by atoms with van der Waals surface area (Å²) in [6.45, 7) is 2.92. The number of rotatable bonds is 3. The van der Waals surface area contributed by atoms with Crippen molar-refractivity contribution in [2.24, 2.45) is 5.92 Å². The Morgan fingerprint density at radius 1 is 1.28 bits per heavy atom. The summed E-state index contributed by atoms with van der Waals surface area (Å²) in [4.78, 5) is 19.3. The highest BCUT2D eigenvalue weighted by Crippen LogP contribution is 2.35. The molecule has 0 N–H and O–H groups in total. The minimum atomic E-state index is -0.0673. The highest BCUT2D eigenvalue weighted by atomic mass is 16.3. The molecule has 0 unspecified atom stereocenters. The maximum Gasteiger partial charge on any atom is 0.273 e. The van der Waals surface area contributed by atoms with Gasteiger partial charge in [0.05, 0.1) is 18.0 Å². The van der Waals surface area contributed by atoms with Crippen molar-refractivity contribution >= 4 is 5.91 Å². The lowest BCUT2D eigenvalue weighted by Crippen LogP contribution is -2.40. The standard InChI is InChI=1S/C19H20N4O2/c1-14-6-10-22(17(12-14)18-4-2-11-25-18)19(24)16-13-15(5-8-20-16)23-9-3-7-21-23/h2-5,7-9,11,13-14,17H,6,10,12H2,1H3/t14-,17-/m0/s1. The van der Waals surface area contributed by atoms with Crippen molar-refractivity contribution in [2.75, 3.05) is 6.54 Å². The zero-order chi connectivity index (χ0) is 17.2. The van der Waals surface area contributed by atoms with E-state index in [-0.39, 0.29) is 11.9 Å². The molecule has 25 heavy (non-hydrogen) atoms. The molecule has 0 saturated carbocycles. The van der Waals surface area contributed by atoms with E-state index in [0.717, 1.165) is 24.3 Å². The monoisotopic (exact) mass is 336 g/mol. The number of piperidine rings is 1. The Bertz CT molecular complexity index is 842. The molecule has 3 aromatic rings. The van der Waals surface area contributed by atoms with Gasteiger partial charge in [0, 0.05) is 25.1 Å². The van der Waals surface area contributed by atoms with Crippen molar-refractivity contribution in [3.63, 3.8) is 0 Å². The summed E-state index contributed by atoms with van der Waals surface area (Å²) < 4.78 is 7.31. The van der Waals surface area contributed by atoms with E-state index in [1.54, 1.807) is 29.4 Å². The molecular weight excluding hydrogens is 316 g/mol. The van der Waals surface area contributed by atoms with Gasteiger partial charge in [-0.2, -0.15) is 5.10 Å². The van der Waals surface area contributed by atoms with E-state index in [2.05, 4.69) is 17.0 Å². The van der Waals surface area contributed by atoms with Gasteiger partial charge < -0.3 is 9.32 Å². The van der Waals surface area contributed by atoms with Crippen LogP contribution in [-0.2, 0) is 0 Å². The van der Waals surface area contributed by atoms with Crippen LogP contribution in [0.4, 0.5) is 0 Å². The number of hydrogen-bond donors (Lipinski definition) is 0. The summed E-state index contributed by atoms with van der Waals surface area (Å²) in [7, 11) is 0. The fraction of sp³-hybridized carbons (Fsp3) is 0.316. The minimum absolute atomic E-state index is 0.0404. The van der Waals surface area contributed by atoms with Gasteiger partial charge in [0.25, 0.3) is 5.91 Å². The lowest BCUT2D eigenvalue weighted by atomic mass is 9.91. The molecule has 1 aliphatic heterocycles. The molecule has 1 aliphatic rings. The van der Waals surface area contributed by atoms with Crippen molar-refractivity contribution in [3.8, 4) is 5.69 Å². The van der Waals surface area contributed by atoms with Crippen LogP contribution in [0, 0.1) is 5.92 Å². The Labute approximate surface area is 146 Å². The Morgan fingerprint density at radius 3 is 2.96 bits per heavy atom. The molecule has 6 heteroatoms. The predicted octanol–water partition coefficient (Wildman–Crippen LogP) is 3.47. The summed E-state index contributed by atoms with van der Waals surface area (Å²) in [5.74, 6) is 1.33. The fourth-order valence-corrected chi connectivity index (χ4v) is 3.38. The molecule has 4 rings (SSSR count). The van der Waals surface area contributed by atoms with Crippen molar-refractivity contribution in [3.05, 3.63) is 66.6 Å². The minimum Gasteiger partial charge on any atom is -0.467 e. The van der Waals surface area contributed by atoms with Crippen LogP contribution in [0.2, 0.25) is 0 Å². The molecule has 0 radical (unpaired) electrons. The number of hydrogen-bond acceptors (Lipinski definition) is 4. The second-order valence-corrected chi connectivity index (χ2v) is 6.51. The number of carbonyl (C=O) groups excluding carboxylic acids is 1. The SMILES string of the molecule is C[C@H]1CCN(C(=O)c2cc(-n3cccn3)ccn2)[C@H](c2ccco2)C1. The van der Waals surface area contributed by atoms with Crippen molar-refractivity contribution in [1.82, 2.24) is 19.7 Å². The van der Waals surface area contributed by atoms with Crippen LogP contribution >= 0.6 is 0 Å². The number of pyridine rings is 1. The fourth-order valence-electron chi connectivity index (χ4n) is 3.38. The Balaban J connectivity index is 1.64. The van der Waals surface area contributed by atoms with Gasteiger partial charge in [0.1, 0.15) is 11.5 Å². The van der Waals surface area contributed by atoms with Gasteiger partial charge in [0.15, 0.2) is 0 Å². The summed E-state index contributed by atoms with van der Waals surface area (Å²) in [5.41, 5.74) is 1.25. The second kappa shape index (κ2) is 6.55. The zero-order valence-corrected chi connectivity index (χ0v) is 14.1. The molecule has 1 fully saturated rings. The Hall–Kier alpha value is -2.89. The molecule has 2 atom stereocenters. The lowest BCUT2D eigenvalue weighted by molar-refractivity contribution is 0.0515. The van der Waals surface area contributed by atoms with E-state index in [1.807, 2.05) is 35.4 Å². The number of nitrogens with zero attached hydrogens (tertiary/aromatic N) is 4. The number of likely N-dealkylation sites (tertiary alicyclic amines) is 1. The van der Waals surface area contributed by atoms with Gasteiger partial charge in [-0.3, -0.25) is 9.78 Å². The maximum atomic E-state index is 13.1. The van der Waals surface area contributed by atoms with Crippen LogP contribution in [-0.4, -0.2) is 32.1 Å². The molecular formula is C19H20N4O2. The third kappa shape index (κ3) is 3.07. The third-order valence-electron chi connectivity index (χ3n) is 4.73. The van der Waals surface area contributed by atoms with E-state index < -0.39 is 0 Å². The third-order valence-corrected chi connectivity index (χ3v) is 4.73. The highest BCUT2D eigenvalue weighted by molar-refractivity contribution is 5.93. The van der Waals surface area contributed by atoms with E-state index in [1.165, 1.54) is 0 Å². The first-order valence-corrected chi connectivity index (χ1v) is 8.53. The average Bonchev–Trinajstić information content (AvgIpc) is 3.35. The Morgan fingerprint density at radius 2 is 2.20 bits per heavy atom. The van der Waals surface area contributed by atoms with Gasteiger partial charge in [-0.1, -0.05) is 6.92 Å². The molecule has 0 bridgehead atoms.